The van der Waals surface area contributed by atoms with Crippen LogP contribution in [0.5, 0.6) is 0 Å². The minimum absolute atomic E-state index is 0.0910. The lowest BCUT2D eigenvalue weighted by Gasteiger charge is -2.32. The molecule has 2 aliphatic heterocycles. The highest BCUT2D eigenvalue weighted by Gasteiger charge is 2.29. The second-order valence-corrected chi connectivity index (χ2v) is 7.29. The van der Waals surface area contributed by atoms with E-state index in [9.17, 15) is 4.79 Å². The van der Waals surface area contributed by atoms with Gasteiger partial charge in [-0.1, -0.05) is 26.0 Å². The molecule has 2 N–H and O–H groups in total. The molecule has 0 bridgehead atoms. The lowest BCUT2D eigenvalue weighted by Crippen LogP contribution is -2.49. The minimum atomic E-state index is 0.0910. The topological polar surface area (TPSA) is 47.6 Å². The number of likely N-dealkylation sites (tertiary alicyclic amines) is 1. The zero-order valence-electron chi connectivity index (χ0n) is 14.9. The number of rotatable bonds is 5. The van der Waals surface area contributed by atoms with E-state index in [4.69, 9.17) is 0 Å². The molecule has 2 heterocycles. The Balaban J connectivity index is 1.45. The summed E-state index contributed by atoms with van der Waals surface area (Å²) in [4.78, 5) is 17.1. The molecule has 0 saturated carbocycles. The third kappa shape index (κ3) is 4.56. The molecule has 1 aromatic rings. The maximum atomic E-state index is 12.3. The molecule has 1 aromatic carbocycles. The highest BCUT2D eigenvalue weighted by Crippen LogP contribution is 2.18. The number of hydrogen-bond acceptors (Lipinski definition) is 4. The third-order valence-electron chi connectivity index (χ3n) is 5.14. The first-order valence-corrected chi connectivity index (χ1v) is 9.19. The Hall–Kier alpha value is -1.43. The average Bonchev–Trinajstić information content (AvgIpc) is 3.04. The highest BCUT2D eigenvalue weighted by molar-refractivity contribution is 5.92. The molecule has 5 nitrogen and oxygen atoms in total. The molecule has 0 spiro atoms. The second kappa shape index (κ2) is 8.10. The quantitative estimate of drug-likeness (QED) is 0.863. The van der Waals surface area contributed by atoms with Crippen LogP contribution in [0.15, 0.2) is 24.3 Å². The molecule has 2 aliphatic rings. The summed E-state index contributed by atoms with van der Waals surface area (Å²) in [5.41, 5.74) is 2.19. The van der Waals surface area contributed by atoms with Crippen molar-refractivity contribution in [3.8, 4) is 0 Å². The van der Waals surface area contributed by atoms with E-state index in [2.05, 4.69) is 46.4 Å². The van der Waals surface area contributed by atoms with E-state index in [0.29, 0.717) is 18.5 Å². The number of anilines is 1. The number of carbonyl (C=O) groups excluding carboxylic acids is 1. The molecule has 3 rings (SSSR count). The molecule has 1 atom stereocenters. The third-order valence-corrected chi connectivity index (χ3v) is 5.14. The lowest BCUT2D eigenvalue weighted by molar-refractivity contribution is -0.117. The van der Waals surface area contributed by atoms with E-state index in [-0.39, 0.29) is 5.91 Å². The van der Waals surface area contributed by atoms with Gasteiger partial charge in [0.15, 0.2) is 0 Å². The number of nitrogens with zero attached hydrogens (tertiary/aromatic N) is 2. The summed E-state index contributed by atoms with van der Waals surface area (Å²) in [7, 11) is 0. The van der Waals surface area contributed by atoms with Crippen molar-refractivity contribution in [2.24, 2.45) is 0 Å². The number of hydrogen-bond donors (Lipinski definition) is 2. The molecule has 132 valence electrons. The van der Waals surface area contributed by atoms with Crippen LogP contribution in [0.3, 0.4) is 0 Å². The fraction of sp³-hybridized carbons (Fsp3) is 0.632. The van der Waals surface area contributed by atoms with Gasteiger partial charge in [-0.25, -0.2) is 0 Å². The second-order valence-electron chi connectivity index (χ2n) is 7.29. The predicted octanol–water partition coefficient (Wildman–Crippen LogP) is 1.73. The zero-order chi connectivity index (χ0) is 16.9. The van der Waals surface area contributed by atoms with Gasteiger partial charge in [0.05, 0.1) is 6.54 Å². The van der Waals surface area contributed by atoms with Gasteiger partial charge in [-0.05, 0) is 30.0 Å². The van der Waals surface area contributed by atoms with Gasteiger partial charge < -0.3 is 10.6 Å². The first-order chi connectivity index (χ1) is 11.6. The van der Waals surface area contributed by atoms with Crippen molar-refractivity contribution in [3.63, 3.8) is 0 Å². The van der Waals surface area contributed by atoms with Gasteiger partial charge in [0, 0.05) is 51.0 Å². The van der Waals surface area contributed by atoms with Crippen LogP contribution in [0.2, 0.25) is 0 Å². The van der Waals surface area contributed by atoms with Gasteiger partial charge in [0.1, 0.15) is 0 Å². The van der Waals surface area contributed by atoms with Crippen molar-refractivity contribution in [2.75, 3.05) is 51.1 Å². The largest absolute Gasteiger partial charge is 0.325 e. The smallest absolute Gasteiger partial charge is 0.238 e. The van der Waals surface area contributed by atoms with Crippen molar-refractivity contribution < 1.29 is 4.79 Å². The molecular weight excluding hydrogens is 300 g/mol. The summed E-state index contributed by atoms with van der Waals surface area (Å²) >= 11 is 0. The van der Waals surface area contributed by atoms with Crippen molar-refractivity contribution in [2.45, 2.75) is 32.2 Å². The molecule has 2 saturated heterocycles. The Bertz CT molecular complexity index is 537. The molecule has 1 unspecified atom stereocenters. The van der Waals surface area contributed by atoms with Gasteiger partial charge in [0.2, 0.25) is 5.91 Å². The van der Waals surface area contributed by atoms with E-state index in [0.717, 1.165) is 45.0 Å². The Morgan fingerprint density at radius 1 is 1.21 bits per heavy atom. The molecular formula is C19H30N4O. The van der Waals surface area contributed by atoms with Crippen LogP contribution in [0, 0.1) is 0 Å². The summed E-state index contributed by atoms with van der Waals surface area (Å²) < 4.78 is 0. The SMILES string of the molecule is CC(C)c1ccc(NC(=O)CN2CCC(N3CCNCC3)C2)cc1. The van der Waals surface area contributed by atoms with Crippen LogP contribution in [-0.2, 0) is 4.79 Å². The highest BCUT2D eigenvalue weighted by atomic mass is 16.2. The molecule has 0 radical (unpaired) electrons. The Labute approximate surface area is 145 Å². The van der Waals surface area contributed by atoms with Gasteiger partial charge in [-0.15, -0.1) is 0 Å². The van der Waals surface area contributed by atoms with Crippen molar-refractivity contribution in [3.05, 3.63) is 29.8 Å². The van der Waals surface area contributed by atoms with Gasteiger partial charge >= 0.3 is 0 Å². The van der Waals surface area contributed by atoms with E-state index in [1.807, 2.05) is 12.1 Å². The zero-order valence-corrected chi connectivity index (χ0v) is 14.9. The molecule has 1 amide bonds. The van der Waals surface area contributed by atoms with Crippen LogP contribution in [-0.4, -0.2) is 67.6 Å². The first kappa shape index (κ1) is 17.4. The minimum Gasteiger partial charge on any atom is -0.325 e. The fourth-order valence-corrected chi connectivity index (χ4v) is 3.66. The number of benzene rings is 1. The van der Waals surface area contributed by atoms with Crippen LogP contribution in [0.4, 0.5) is 5.69 Å². The summed E-state index contributed by atoms with van der Waals surface area (Å²) in [5.74, 6) is 0.606. The molecule has 24 heavy (non-hydrogen) atoms. The van der Waals surface area contributed by atoms with Crippen molar-refractivity contribution in [1.82, 2.24) is 15.1 Å². The van der Waals surface area contributed by atoms with Crippen LogP contribution >= 0.6 is 0 Å². The first-order valence-electron chi connectivity index (χ1n) is 9.19. The summed E-state index contributed by atoms with van der Waals surface area (Å²) in [6.45, 7) is 11.3. The van der Waals surface area contributed by atoms with Gasteiger partial charge in [-0.2, -0.15) is 0 Å². The normalized spacial score (nSPS) is 22.9. The molecule has 0 aliphatic carbocycles. The monoisotopic (exact) mass is 330 g/mol. The van der Waals surface area contributed by atoms with Crippen molar-refractivity contribution in [1.29, 1.82) is 0 Å². The Morgan fingerprint density at radius 2 is 1.92 bits per heavy atom. The van der Waals surface area contributed by atoms with Crippen LogP contribution in [0.25, 0.3) is 0 Å². The van der Waals surface area contributed by atoms with E-state index < -0.39 is 0 Å². The summed E-state index contributed by atoms with van der Waals surface area (Å²) in [6.07, 6.45) is 1.18. The van der Waals surface area contributed by atoms with Crippen molar-refractivity contribution >= 4 is 11.6 Å². The number of nitrogens with one attached hydrogen (secondary N) is 2. The number of carbonyl (C=O) groups is 1. The van der Waals surface area contributed by atoms with Gasteiger partial charge in [0.25, 0.3) is 0 Å². The molecule has 5 heteroatoms. The Morgan fingerprint density at radius 3 is 2.58 bits per heavy atom. The number of piperazine rings is 1. The lowest BCUT2D eigenvalue weighted by atomic mass is 10.0. The maximum absolute atomic E-state index is 12.3. The van der Waals surface area contributed by atoms with E-state index in [1.165, 1.54) is 12.0 Å². The van der Waals surface area contributed by atoms with E-state index in [1.54, 1.807) is 0 Å². The standard InChI is InChI=1S/C19H30N4O/c1-15(2)16-3-5-17(6-4-16)21-19(24)14-22-10-7-18(13-22)23-11-8-20-9-12-23/h3-6,15,18,20H,7-14H2,1-2H3,(H,21,24). The molecule has 2 fully saturated rings. The summed E-state index contributed by atoms with van der Waals surface area (Å²) in [6, 6.07) is 8.81. The van der Waals surface area contributed by atoms with E-state index >= 15 is 0 Å². The van der Waals surface area contributed by atoms with Crippen LogP contribution in [0.1, 0.15) is 31.7 Å². The average molecular weight is 330 g/mol. The van der Waals surface area contributed by atoms with Crippen LogP contribution < -0.4 is 10.6 Å². The Kier molecular flexibility index (Phi) is 5.87. The summed E-state index contributed by atoms with van der Waals surface area (Å²) in [5, 5.41) is 6.43. The maximum Gasteiger partial charge on any atom is 0.238 e. The predicted molar refractivity (Wildman–Crippen MR) is 98.4 cm³/mol. The number of amides is 1. The fourth-order valence-electron chi connectivity index (χ4n) is 3.66. The molecule has 0 aromatic heterocycles. The van der Waals surface area contributed by atoms with Gasteiger partial charge in [-0.3, -0.25) is 14.6 Å².